The average molecular weight is 245 g/mol. The Balaban J connectivity index is 1.85. The predicted molar refractivity (Wildman–Crippen MR) is 73.0 cm³/mol. The van der Waals surface area contributed by atoms with E-state index >= 15 is 0 Å². The molecule has 1 N–H and O–H groups in total. The molecular weight excluding hydrogens is 222 g/mol. The van der Waals surface area contributed by atoms with Gasteiger partial charge >= 0.3 is 0 Å². The Morgan fingerprint density at radius 3 is 2.53 bits per heavy atom. The molecule has 1 nitrogen and oxygen atoms in total. The van der Waals surface area contributed by atoms with Crippen LogP contribution in [0.4, 0.5) is 0 Å². The van der Waals surface area contributed by atoms with Crippen molar-refractivity contribution in [3.63, 3.8) is 0 Å². The summed E-state index contributed by atoms with van der Waals surface area (Å²) in [5.41, 5.74) is 0. The van der Waals surface area contributed by atoms with Crippen LogP contribution in [0, 0.1) is 5.92 Å². The van der Waals surface area contributed by atoms with Crippen molar-refractivity contribution < 1.29 is 0 Å². The Morgan fingerprint density at radius 1 is 1.27 bits per heavy atom. The molecule has 1 saturated carbocycles. The van der Waals surface area contributed by atoms with Gasteiger partial charge in [0.25, 0.3) is 0 Å². The Morgan fingerprint density at radius 2 is 2.00 bits per heavy atom. The van der Waals surface area contributed by atoms with E-state index in [-0.39, 0.29) is 0 Å². The second-order valence-electron chi connectivity index (χ2n) is 4.84. The van der Waals surface area contributed by atoms with Crippen LogP contribution in [0.3, 0.4) is 0 Å². The third-order valence-corrected chi connectivity index (χ3v) is 7.07. The summed E-state index contributed by atoms with van der Waals surface area (Å²) < 4.78 is 0. The van der Waals surface area contributed by atoms with E-state index in [1.165, 1.54) is 37.2 Å². The van der Waals surface area contributed by atoms with E-state index < -0.39 is 0 Å². The van der Waals surface area contributed by atoms with Gasteiger partial charge in [-0.1, -0.05) is 26.2 Å². The summed E-state index contributed by atoms with van der Waals surface area (Å²) in [6.45, 7) is 2.41. The van der Waals surface area contributed by atoms with Gasteiger partial charge in [-0.25, -0.2) is 0 Å². The van der Waals surface area contributed by atoms with Crippen molar-refractivity contribution in [1.29, 1.82) is 0 Å². The molecule has 0 aromatic rings. The van der Waals surface area contributed by atoms with Crippen molar-refractivity contribution in [1.82, 2.24) is 5.32 Å². The lowest BCUT2D eigenvalue weighted by Gasteiger charge is -2.38. The molecule has 0 spiro atoms. The molecule has 3 unspecified atom stereocenters. The SMILES string of the molecule is CNC(CC1CCC1)C1SCCSC1C. The Labute approximate surface area is 103 Å². The van der Waals surface area contributed by atoms with Gasteiger partial charge in [0.1, 0.15) is 0 Å². The third kappa shape index (κ3) is 3.07. The molecule has 3 heteroatoms. The van der Waals surface area contributed by atoms with E-state index in [2.05, 4.69) is 42.8 Å². The second-order valence-corrected chi connectivity index (χ2v) is 7.61. The highest BCUT2D eigenvalue weighted by Crippen LogP contribution is 2.37. The highest BCUT2D eigenvalue weighted by atomic mass is 32.2. The van der Waals surface area contributed by atoms with E-state index in [0.29, 0.717) is 0 Å². The fraction of sp³-hybridized carbons (Fsp3) is 1.00. The maximum Gasteiger partial charge on any atom is 0.0317 e. The molecular formula is C12H23NS2. The lowest BCUT2D eigenvalue weighted by atomic mass is 9.80. The summed E-state index contributed by atoms with van der Waals surface area (Å²) in [5, 5.41) is 5.24. The molecule has 2 rings (SSSR count). The van der Waals surface area contributed by atoms with Crippen LogP contribution in [0.2, 0.25) is 0 Å². The van der Waals surface area contributed by atoms with Crippen molar-refractivity contribution in [2.75, 3.05) is 18.6 Å². The van der Waals surface area contributed by atoms with Gasteiger partial charge in [0.05, 0.1) is 0 Å². The zero-order valence-corrected chi connectivity index (χ0v) is 11.5. The van der Waals surface area contributed by atoms with Crippen molar-refractivity contribution in [2.45, 2.75) is 49.1 Å². The minimum atomic E-state index is 0.753. The minimum Gasteiger partial charge on any atom is -0.316 e. The van der Waals surface area contributed by atoms with Crippen LogP contribution in [0.5, 0.6) is 0 Å². The topological polar surface area (TPSA) is 12.0 Å². The normalized spacial score (nSPS) is 34.8. The first-order chi connectivity index (χ1) is 7.31. The maximum atomic E-state index is 3.57. The highest BCUT2D eigenvalue weighted by Gasteiger charge is 2.32. The number of rotatable bonds is 4. The van der Waals surface area contributed by atoms with Gasteiger partial charge < -0.3 is 5.32 Å². The largest absolute Gasteiger partial charge is 0.316 e. The van der Waals surface area contributed by atoms with Crippen LogP contribution >= 0.6 is 23.5 Å². The Hall–Kier alpha value is 0.660. The van der Waals surface area contributed by atoms with E-state index in [0.717, 1.165) is 22.5 Å². The summed E-state index contributed by atoms with van der Waals surface area (Å²) in [6.07, 6.45) is 5.86. The molecule has 2 aliphatic rings. The summed E-state index contributed by atoms with van der Waals surface area (Å²) in [7, 11) is 2.15. The zero-order chi connectivity index (χ0) is 10.7. The minimum absolute atomic E-state index is 0.753. The number of hydrogen-bond acceptors (Lipinski definition) is 3. The molecule has 1 aliphatic carbocycles. The van der Waals surface area contributed by atoms with Gasteiger partial charge in [0.2, 0.25) is 0 Å². The van der Waals surface area contributed by atoms with Crippen molar-refractivity contribution in [3.8, 4) is 0 Å². The molecule has 88 valence electrons. The second kappa shape index (κ2) is 5.83. The molecule has 3 atom stereocenters. The van der Waals surface area contributed by atoms with Gasteiger partial charge in [0, 0.05) is 28.0 Å². The monoisotopic (exact) mass is 245 g/mol. The first kappa shape index (κ1) is 12.1. The Kier molecular flexibility index (Phi) is 4.71. The van der Waals surface area contributed by atoms with Crippen molar-refractivity contribution >= 4 is 23.5 Å². The van der Waals surface area contributed by atoms with Gasteiger partial charge in [-0.15, -0.1) is 0 Å². The van der Waals surface area contributed by atoms with E-state index in [4.69, 9.17) is 0 Å². The standard InChI is InChI=1S/C12H23NS2/c1-9-12(15-7-6-14-9)11(13-2)8-10-4-3-5-10/h9-13H,3-8H2,1-2H3. The summed E-state index contributed by atoms with van der Waals surface area (Å²) in [4.78, 5) is 0. The molecule has 2 fully saturated rings. The first-order valence-electron chi connectivity index (χ1n) is 6.21. The smallest absolute Gasteiger partial charge is 0.0317 e. The molecule has 0 aromatic carbocycles. The van der Waals surface area contributed by atoms with Crippen molar-refractivity contribution in [3.05, 3.63) is 0 Å². The zero-order valence-electron chi connectivity index (χ0n) is 9.87. The quantitative estimate of drug-likeness (QED) is 0.818. The number of nitrogens with one attached hydrogen (secondary N) is 1. The molecule has 0 bridgehead atoms. The lowest BCUT2D eigenvalue weighted by molar-refractivity contribution is 0.261. The molecule has 1 saturated heterocycles. The van der Waals surface area contributed by atoms with Crippen LogP contribution in [0.25, 0.3) is 0 Å². The molecule has 0 aromatic heterocycles. The average Bonchev–Trinajstić information content (AvgIpc) is 2.19. The number of thioether (sulfide) groups is 2. The number of hydrogen-bond donors (Lipinski definition) is 1. The van der Waals surface area contributed by atoms with Gasteiger partial charge in [-0.3, -0.25) is 0 Å². The maximum absolute atomic E-state index is 3.57. The van der Waals surface area contributed by atoms with Crippen LogP contribution in [-0.4, -0.2) is 35.1 Å². The molecule has 1 aliphatic heterocycles. The van der Waals surface area contributed by atoms with E-state index in [9.17, 15) is 0 Å². The lowest BCUT2D eigenvalue weighted by Crippen LogP contribution is -2.44. The van der Waals surface area contributed by atoms with E-state index in [1.54, 1.807) is 0 Å². The predicted octanol–water partition coefficient (Wildman–Crippen LogP) is 3.00. The molecule has 0 amide bonds. The molecule has 0 radical (unpaired) electrons. The fourth-order valence-corrected chi connectivity index (χ4v) is 5.61. The summed E-state index contributed by atoms with van der Waals surface area (Å²) in [5.74, 6) is 3.73. The summed E-state index contributed by atoms with van der Waals surface area (Å²) in [6, 6.07) is 0.753. The van der Waals surface area contributed by atoms with Crippen LogP contribution in [-0.2, 0) is 0 Å². The molecule has 15 heavy (non-hydrogen) atoms. The van der Waals surface area contributed by atoms with Gasteiger partial charge in [-0.2, -0.15) is 23.5 Å². The van der Waals surface area contributed by atoms with E-state index in [1.807, 2.05) is 0 Å². The van der Waals surface area contributed by atoms with Crippen LogP contribution in [0.1, 0.15) is 32.6 Å². The van der Waals surface area contributed by atoms with Gasteiger partial charge in [-0.05, 0) is 19.4 Å². The van der Waals surface area contributed by atoms with Crippen molar-refractivity contribution in [2.24, 2.45) is 5.92 Å². The molecule has 1 heterocycles. The Bertz CT molecular complexity index is 194. The third-order valence-electron chi connectivity index (χ3n) is 3.82. The van der Waals surface area contributed by atoms with Gasteiger partial charge in [0.15, 0.2) is 0 Å². The summed E-state index contributed by atoms with van der Waals surface area (Å²) >= 11 is 4.36. The fourth-order valence-electron chi connectivity index (χ4n) is 2.60. The van der Waals surface area contributed by atoms with Crippen LogP contribution < -0.4 is 5.32 Å². The highest BCUT2D eigenvalue weighted by molar-refractivity contribution is 8.07. The first-order valence-corrected chi connectivity index (χ1v) is 8.31. The van der Waals surface area contributed by atoms with Crippen LogP contribution in [0.15, 0.2) is 0 Å².